The number of phenols is 3. The van der Waals surface area contributed by atoms with Gasteiger partial charge in [0.1, 0.15) is 17.2 Å². The zero-order valence-corrected chi connectivity index (χ0v) is 34.6. The number of rotatable bonds is 12. The van der Waals surface area contributed by atoms with Crippen molar-refractivity contribution in [3.8, 4) is 17.2 Å². The molecule has 0 saturated heterocycles. The lowest BCUT2D eigenvalue weighted by Crippen LogP contribution is -2.38. The maximum absolute atomic E-state index is 9.97. The molecule has 0 amide bonds. The molecule has 56 heavy (non-hydrogen) atoms. The minimum Gasteiger partial charge on any atom is -0.508 e. The molecular weight excluding hydrogens is 751 g/mol. The second kappa shape index (κ2) is 23.7. The summed E-state index contributed by atoms with van der Waals surface area (Å²) in [7, 11) is -4.67. The number of benzene rings is 3. The lowest BCUT2D eigenvalue weighted by molar-refractivity contribution is 0.162. The van der Waals surface area contributed by atoms with Crippen molar-refractivity contribution in [2.24, 2.45) is 0 Å². The quantitative estimate of drug-likeness (QED) is 0.117. The average Bonchev–Trinajstić information content (AvgIpc) is 3.08. The lowest BCUT2D eigenvalue weighted by atomic mass is 10.0. The predicted molar refractivity (Wildman–Crippen MR) is 214 cm³/mol. The smallest absolute Gasteiger partial charge is 0.394 e. The fourth-order valence-electron chi connectivity index (χ4n) is 4.38. The Morgan fingerprint density at radius 2 is 0.679 bits per heavy atom. The Morgan fingerprint density at radius 3 is 0.839 bits per heavy atom. The first-order chi connectivity index (χ1) is 25.5. The van der Waals surface area contributed by atoms with E-state index in [9.17, 15) is 30.6 Å². The molecule has 17 heteroatoms. The second-order valence-electron chi connectivity index (χ2n) is 16.0. The topological polar surface area (TPSA) is 293 Å². The maximum Gasteiger partial charge on any atom is 0.394 e. The van der Waals surface area contributed by atoms with Gasteiger partial charge in [0.2, 0.25) is 0 Å². The molecule has 3 aromatic carbocycles. The van der Waals surface area contributed by atoms with Crippen LogP contribution < -0.4 is 16.0 Å². The molecule has 0 heterocycles. The van der Waals surface area contributed by atoms with Crippen LogP contribution in [0.4, 0.5) is 0 Å². The van der Waals surface area contributed by atoms with Gasteiger partial charge in [-0.3, -0.25) is 9.11 Å². The highest BCUT2D eigenvalue weighted by Crippen LogP contribution is 2.25. The van der Waals surface area contributed by atoms with E-state index < -0.39 is 28.7 Å². The number of β-amino-alcohol motifs (C(OH)–C–C–N with tert-alkyl or cyclic N) is 3. The summed E-state index contributed by atoms with van der Waals surface area (Å²) in [5.41, 5.74) is 3.16. The Morgan fingerprint density at radius 1 is 0.482 bits per heavy atom. The average molecular weight is 816 g/mol. The van der Waals surface area contributed by atoms with Crippen molar-refractivity contribution in [2.45, 2.75) is 117 Å². The summed E-state index contributed by atoms with van der Waals surface area (Å²) < 4.78 is 31.6. The minimum atomic E-state index is -4.67. The minimum absolute atomic E-state index is 0.0484. The van der Waals surface area contributed by atoms with E-state index in [1.165, 1.54) is 18.2 Å². The number of aromatic hydroxyl groups is 3. The standard InChI is InChI=1S/3C13H21NO3.H2O4S/c3*1-13(2,3)14-7-12(17)9-4-5-11(16)10(6-9)8-15;1-5(2,3)4/h3*4-6,12,14-17H,7-8H2,1-3H3;(H2,1,2,3,4). The first-order valence-corrected chi connectivity index (χ1v) is 19.2. The van der Waals surface area contributed by atoms with E-state index in [0.717, 1.165) is 0 Å². The fourth-order valence-corrected chi connectivity index (χ4v) is 4.38. The summed E-state index contributed by atoms with van der Waals surface area (Å²) in [5.74, 6) is 0.145. The molecule has 0 aliphatic rings. The van der Waals surface area contributed by atoms with Gasteiger partial charge in [0.05, 0.1) is 38.1 Å². The highest BCUT2D eigenvalue weighted by molar-refractivity contribution is 7.79. The highest BCUT2D eigenvalue weighted by Gasteiger charge is 2.17. The summed E-state index contributed by atoms with van der Waals surface area (Å²) >= 11 is 0. The van der Waals surface area contributed by atoms with Crippen molar-refractivity contribution in [3.05, 3.63) is 88.0 Å². The van der Waals surface area contributed by atoms with Gasteiger partial charge in [-0.15, -0.1) is 0 Å². The molecule has 0 aliphatic heterocycles. The van der Waals surface area contributed by atoms with E-state index >= 15 is 0 Å². The van der Waals surface area contributed by atoms with Crippen LogP contribution in [0.2, 0.25) is 0 Å². The third-order valence-corrected chi connectivity index (χ3v) is 7.45. The zero-order valence-electron chi connectivity index (χ0n) is 33.8. The molecule has 0 saturated carbocycles. The summed E-state index contributed by atoms with van der Waals surface area (Å²) in [4.78, 5) is 0. The number of aliphatic hydroxyl groups is 6. The van der Waals surface area contributed by atoms with Gasteiger partial charge in [0.15, 0.2) is 0 Å². The number of aliphatic hydroxyl groups excluding tert-OH is 6. The van der Waals surface area contributed by atoms with Crippen molar-refractivity contribution in [1.82, 2.24) is 16.0 Å². The number of hydrogen-bond acceptors (Lipinski definition) is 14. The molecule has 3 unspecified atom stereocenters. The van der Waals surface area contributed by atoms with E-state index in [0.29, 0.717) is 53.0 Å². The Labute approximate surface area is 331 Å². The van der Waals surface area contributed by atoms with Crippen molar-refractivity contribution in [1.29, 1.82) is 0 Å². The van der Waals surface area contributed by atoms with Gasteiger partial charge in [0.25, 0.3) is 0 Å². The van der Waals surface area contributed by atoms with E-state index in [1.807, 2.05) is 62.3 Å². The lowest BCUT2D eigenvalue weighted by Gasteiger charge is -2.23. The van der Waals surface area contributed by atoms with Gasteiger partial charge in [-0.05, 0) is 115 Å². The fraction of sp³-hybridized carbons (Fsp3) is 0.538. The van der Waals surface area contributed by atoms with E-state index in [1.54, 1.807) is 36.4 Å². The molecule has 14 N–H and O–H groups in total. The van der Waals surface area contributed by atoms with Crippen LogP contribution in [0.25, 0.3) is 0 Å². The Balaban J connectivity index is 0.000000762. The van der Waals surface area contributed by atoms with Gasteiger partial charge in [-0.25, -0.2) is 0 Å². The van der Waals surface area contributed by atoms with Gasteiger partial charge >= 0.3 is 10.4 Å². The van der Waals surface area contributed by atoms with Crippen LogP contribution in [-0.2, 0) is 30.2 Å². The molecule has 3 rings (SSSR count). The molecule has 0 fully saturated rings. The predicted octanol–water partition coefficient (Wildman–Crippen LogP) is 3.27. The van der Waals surface area contributed by atoms with Crippen molar-refractivity contribution in [2.75, 3.05) is 19.6 Å². The van der Waals surface area contributed by atoms with E-state index in [2.05, 4.69) is 16.0 Å². The van der Waals surface area contributed by atoms with E-state index in [4.69, 9.17) is 32.8 Å². The first kappa shape index (κ1) is 52.6. The Hall–Kier alpha value is -3.43. The van der Waals surface area contributed by atoms with Gasteiger partial charge < -0.3 is 61.9 Å². The summed E-state index contributed by atoms with van der Waals surface area (Å²) in [6.07, 6.45) is -1.96. The molecule has 3 atom stereocenters. The molecule has 0 aliphatic carbocycles. The monoisotopic (exact) mass is 815 g/mol. The third kappa shape index (κ3) is 24.3. The summed E-state index contributed by atoms with van der Waals surface area (Å²) in [6.45, 7) is 18.8. The van der Waals surface area contributed by atoms with Crippen LogP contribution in [0.3, 0.4) is 0 Å². The molecule has 0 spiro atoms. The van der Waals surface area contributed by atoms with Crippen molar-refractivity contribution >= 4 is 10.4 Å². The normalized spacial score (nSPS) is 13.5. The number of nitrogens with one attached hydrogen (secondary N) is 3. The van der Waals surface area contributed by atoms with Gasteiger partial charge in [-0.1, -0.05) is 18.2 Å². The number of hydrogen-bond donors (Lipinski definition) is 14. The molecule has 16 nitrogen and oxygen atoms in total. The van der Waals surface area contributed by atoms with Crippen molar-refractivity contribution in [3.63, 3.8) is 0 Å². The van der Waals surface area contributed by atoms with Crippen LogP contribution in [0.15, 0.2) is 54.6 Å². The van der Waals surface area contributed by atoms with Crippen LogP contribution >= 0.6 is 0 Å². The van der Waals surface area contributed by atoms with Crippen LogP contribution in [0.1, 0.15) is 114 Å². The van der Waals surface area contributed by atoms with E-state index in [-0.39, 0.29) is 53.7 Å². The van der Waals surface area contributed by atoms with Gasteiger partial charge in [0, 0.05) is 52.9 Å². The Bertz CT molecular complexity index is 1520. The third-order valence-electron chi connectivity index (χ3n) is 7.45. The molecular formula is C39H65N3O13S. The Kier molecular flexibility index (Phi) is 22.3. The molecule has 0 aromatic heterocycles. The maximum atomic E-state index is 9.97. The highest BCUT2D eigenvalue weighted by atomic mass is 32.3. The SMILES string of the molecule is CC(C)(C)NCC(O)c1ccc(O)c(CO)c1.CC(C)(C)NCC(O)c1ccc(O)c(CO)c1.CC(C)(C)NCC(O)c1ccc(O)c(CO)c1.O=S(=O)(O)O. The molecule has 320 valence electrons. The summed E-state index contributed by atoms with van der Waals surface area (Å²) in [5, 5.41) is 94.8. The first-order valence-electron chi connectivity index (χ1n) is 17.8. The van der Waals surface area contributed by atoms with Crippen molar-refractivity contribution < 1.29 is 63.5 Å². The largest absolute Gasteiger partial charge is 0.508 e. The van der Waals surface area contributed by atoms with Gasteiger partial charge in [-0.2, -0.15) is 8.42 Å². The van der Waals surface area contributed by atoms with Crippen LogP contribution in [0, 0.1) is 0 Å². The van der Waals surface area contributed by atoms with Crippen LogP contribution in [-0.4, -0.2) is 99.7 Å². The molecule has 0 radical (unpaired) electrons. The molecule has 3 aromatic rings. The molecule has 0 bridgehead atoms. The van der Waals surface area contributed by atoms with Crippen LogP contribution in [0.5, 0.6) is 17.2 Å². The second-order valence-corrected chi connectivity index (χ2v) is 16.9. The zero-order chi connectivity index (χ0) is 43.7. The summed E-state index contributed by atoms with van der Waals surface area (Å²) in [6, 6.07) is 14.3.